The van der Waals surface area contributed by atoms with Crippen LogP contribution in [0.4, 0.5) is 0 Å². The van der Waals surface area contributed by atoms with Crippen LogP contribution in [-0.2, 0) is 17.9 Å². The van der Waals surface area contributed by atoms with E-state index in [1.165, 1.54) is 5.56 Å². The minimum absolute atomic E-state index is 0.192. The smallest absolute Gasteiger partial charge is 0.237 e. The number of imidazole rings is 1. The summed E-state index contributed by atoms with van der Waals surface area (Å²) in [4.78, 5) is 16.3. The molecule has 1 aromatic heterocycles. The van der Waals surface area contributed by atoms with Crippen molar-refractivity contribution >= 4 is 16.9 Å². The molecule has 0 saturated carbocycles. The molecule has 136 valence electrons. The van der Waals surface area contributed by atoms with Gasteiger partial charge < -0.3 is 20.4 Å². The van der Waals surface area contributed by atoms with Gasteiger partial charge in [0.05, 0.1) is 23.6 Å². The second kappa shape index (κ2) is 7.58. The summed E-state index contributed by atoms with van der Waals surface area (Å²) in [5.41, 5.74) is 8.63. The lowest BCUT2D eigenvalue weighted by Crippen LogP contribution is -2.38. The van der Waals surface area contributed by atoms with Crippen molar-refractivity contribution in [2.24, 2.45) is 5.73 Å². The van der Waals surface area contributed by atoms with Crippen molar-refractivity contribution in [1.82, 2.24) is 14.9 Å². The Labute approximate surface area is 153 Å². The summed E-state index contributed by atoms with van der Waals surface area (Å²) in [5, 5.41) is 2.82. The van der Waals surface area contributed by atoms with Gasteiger partial charge in [-0.1, -0.05) is 17.7 Å². The zero-order valence-electron chi connectivity index (χ0n) is 15.3. The number of fused-ring (bicyclic) bond motifs is 1. The molecule has 26 heavy (non-hydrogen) atoms. The molecule has 1 amide bonds. The molecule has 3 N–H and O–H groups in total. The molecule has 1 atom stereocenters. The normalized spacial score (nSPS) is 12.2. The average molecular weight is 352 g/mol. The van der Waals surface area contributed by atoms with E-state index in [1.54, 1.807) is 6.92 Å². The van der Waals surface area contributed by atoms with E-state index in [4.69, 9.17) is 10.5 Å². The third kappa shape index (κ3) is 3.86. The zero-order valence-corrected chi connectivity index (χ0v) is 15.3. The number of rotatable bonds is 6. The number of nitrogens with zero attached hydrogens (tertiary/aromatic N) is 2. The molecule has 2 aromatic carbocycles. The van der Waals surface area contributed by atoms with Crippen LogP contribution in [0, 0.1) is 6.92 Å². The molecule has 0 saturated heterocycles. The predicted molar refractivity (Wildman–Crippen MR) is 102 cm³/mol. The van der Waals surface area contributed by atoms with E-state index in [0.717, 1.165) is 34.9 Å². The van der Waals surface area contributed by atoms with Crippen LogP contribution in [-0.4, -0.2) is 21.5 Å². The van der Waals surface area contributed by atoms with Crippen LogP contribution in [0.15, 0.2) is 42.5 Å². The summed E-state index contributed by atoms with van der Waals surface area (Å²) in [5.74, 6) is 2.15. The van der Waals surface area contributed by atoms with Crippen LogP contribution in [0.5, 0.6) is 11.5 Å². The molecule has 0 bridgehead atoms. The second-order valence-corrected chi connectivity index (χ2v) is 6.34. The minimum atomic E-state index is -0.538. The van der Waals surface area contributed by atoms with Crippen molar-refractivity contribution in [1.29, 1.82) is 0 Å². The predicted octanol–water partition coefficient (Wildman–Crippen LogP) is 3.12. The number of benzene rings is 2. The first-order chi connectivity index (χ1) is 12.5. The number of amides is 1. The Morgan fingerprint density at radius 2 is 1.92 bits per heavy atom. The first-order valence-electron chi connectivity index (χ1n) is 8.75. The number of nitrogens with two attached hydrogens (primary N) is 1. The van der Waals surface area contributed by atoms with Gasteiger partial charge in [0, 0.05) is 12.6 Å². The highest BCUT2D eigenvalue weighted by Crippen LogP contribution is 2.26. The Kier molecular flexibility index (Phi) is 5.23. The lowest BCUT2D eigenvalue weighted by atomic mass is 10.2. The van der Waals surface area contributed by atoms with Crippen LogP contribution in [0.3, 0.4) is 0 Å². The van der Waals surface area contributed by atoms with E-state index in [2.05, 4.69) is 14.9 Å². The van der Waals surface area contributed by atoms with Crippen molar-refractivity contribution in [3.05, 3.63) is 53.9 Å². The highest BCUT2D eigenvalue weighted by molar-refractivity contribution is 5.81. The Bertz CT molecular complexity index is 913. The van der Waals surface area contributed by atoms with Gasteiger partial charge in [-0.25, -0.2) is 4.98 Å². The van der Waals surface area contributed by atoms with Crippen LogP contribution in [0.1, 0.15) is 25.2 Å². The minimum Gasteiger partial charge on any atom is -0.457 e. The largest absolute Gasteiger partial charge is 0.457 e. The Balaban J connectivity index is 1.86. The van der Waals surface area contributed by atoms with E-state index in [-0.39, 0.29) is 5.91 Å². The number of nitrogens with one attached hydrogen (secondary N) is 1. The molecule has 6 heteroatoms. The highest BCUT2D eigenvalue weighted by atomic mass is 16.5. The lowest BCUT2D eigenvalue weighted by Gasteiger charge is -2.10. The molecule has 0 spiro atoms. The summed E-state index contributed by atoms with van der Waals surface area (Å²) in [6, 6.07) is 13.2. The molecule has 0 aliphatic rings. The molecule has 0 radical (unpaired) electrons. The third-order valence-electron chi connectivity index (χ3n) is 4.21. The van der Waals surface area contributed by atoms with Crippen LogP contribution >= 0.6 is 0 Å². The number of carbonyl (C=O) groups excluding carboxylic acids is 1. The molecule has 0 aliphatic heterocycles. The second-order valence-electron chi connectivity index (χ2n) is 6.34. The summed E-state index contributed by atoms with van der Waals surface area (Å²) >= 11 is 0. The molecule has 0 aliphatic carbocycles. The maximum absolute atomic E-state index is 11.7. The molecular weight excluding hydrogens is 328 g/mol. The average Bonchev–Trinajstić information content (AvgIpc) is 2.98. The first-order valence-corrected chi connectivity index (χ1v) is 8.75. The van der Waals surface area contributed by atoms with E-state index in [9.17, 15) is 4.79 Å². The summed E-state index contributed by atoms with van der Waals surface area (Å²) < 4.78 is 8.02. The quantitative estimate of drug-likeness (QED) is 0.714. The van der Waals surface area contributed by atoms with E-state index in [1.807, 2.05) is 56.3 Å². The molecule has 1 heterocycles. The van der Waals surface area contributed by atoms with Gasteiger partial charge >= 0.3 is 0 Å². The summed E-state index contributed by atoms with van der Waals surface area (Å²) in [6.45, 7) is 6.84. The monoisotopic (exact) mass is 352 g/mol. The maximum Gasteiger partial charge on any atom is 0.237 e. The number of aromatic nitrogens is 2. The fraction of sp³-hybridized carbons (Fsp3) is 0.300. The SMILES string of the molecule is CCn1c(CNC(=O)[C@H](C)N)nc2ccc(Oc3ccc(C)cc3)cc21. The summed E-state index contributed by atoms with van der Waals surface area (Å²) in [7, 11) is 0. The number of hydrogen-bond donors (Lipinski definition) is 2. The van der Waals surface area contributed by atoms with Crippen molar-refractivity contribution in [3.8, 4) is 11.5 Å². The van der Waals surface area contributed by atoms with Gasteiger partial charge in [-0.05, 0) is 45.0 Å². The van der Waals surface area contributed by atoms with Gasteiger partial charge in [0.15, 0.2) is 0 Å². The topological polar surface area (TPSA) is 82.2 Å². The zero-order chi connectivity index (χ0) is 18.7. The van der Waals surface area contributed by atoms with Crippen LogP contribution in [0.25, 0.3) is 11.0 Å². The fourth-order valence-electron chi connectivity index (χ4n) is 2.77. The number of ether oxygens (including phenoxy) is 1. The van der Waals surface area contributed by atoms with Gasteiger partial charge in [-0.15, -0.1) is 0 Å². The maximum atomic E-state index is 11.7. The van der Waals surface area contributed by atoms with Crippen molar-refractivity contribution in [2.45, 2.75) is 39.9 Å². The fourth-order valence-corrected chi connectivity index (χ4v) is 2.77. The van der Waals surface area contributed by atoms with Crippen molar-refractivity contribution in [2.75, 3.05) is 0 Å². The third-order valence-corrected chi connectivity index (χ3v) is 4.21. The Morgan fingerprint density at radius 3 is 2.58 bits per heavy atom. The first kappa shape index (κ1) is 17.9. The molecular formula is C20H24N4O2. The molecule has 3 aromatic rings. The van der Waals surface area contributed by atoms with Crippen LogP contribution in [0.2, 0.25) is 0 Å². The van der Waals surface area contributed by atoms with Gasteiger partial charge in [0.1, 0.15) is 17.3 Å². The molecule has 6 nitrogen and oxygen atoms in total. The van der Waals surface area contributed by atoms with Gasteiger partial charge in [-0.2, -0.15) is 0 Å². The summed E-state index contributed by atoms with van der Waals surface area (Å²) in [6.07, 6.45) is 0. The van der Waals surface area contributed by atoms with Crippen LogP contribution < -0.4 is 15.8 Å². The molecule has 0 unspecified atom stereocenters. The van der Waals surface area contributed by atoms with Gasteiger partial charge in [-0.3, -0.25) is 4.79 Å². The van der Waals surface area contributed by atoms with Gasteiger partial charge in [0.25, 0.3) is 0 Å². The number of hydrogen-bond acceptors (Lipinski definition) is 4. The number of aryl methyl sites for hydroxylation is 2. The highest BCUT2D eigenvalue weighted by Gasteiger charge is 2.13. The molecule has 3 rings (SSSR count). The Morgan fingerprint density at radius 1 is 1.23 bits per heavy atom. The lowest BCUT2D eigenvalue weighted by molar-refractivity contribution is -0.122. The van der Waals surface area contributed by atoms with E-state index >= 15 is 0 Å². The van der Waals surface area contributed by atoms with E-state index < -0.39 is 6.04 Å². The van der Waals surface area contributed by atoms with Gasteiger partial charge in [0.2, 0.25) is 5.91 Å². The van der Waals surface area contributed by atoms with Crippen molar-refractivity contribution < 1.29 is 9.53 Å². The van der Waals surface area contributed by atoms with E-state index in [0.29, 0.717) is 6.54 Å². The Hall–Kier alpha value is -2.86. The standard InChI is InChI=1S/C20H24N4O2/c1-4-24-18-11-16(26-15-7-5-13(2)6-8-15)9-10-17(18)23-19(24)12-22-20(25)14(3)21/h5-11,14H,4,12,21H2,1-3H3,(H,22,25)/t14-/m0/s1. The van der Waals surface area contributed by atoms with Crippen molar-refractivity contribution in [3.63, 3.8) is 0 Å². The number of carbonyl (C=O) groups is 1. The molecule has 0 fully saturated rings.